The average molecular weight is 376 g/mol. The van der Waals surface area contributed by atoms with E-state index in [1.54, 1.807) is 12.1 Å². The average Bonchev–Trinajstić information content (AvgIpc) is 3.22. The van der Waals surface area contributed by atoms with Crippen LogP contribution < -0.4 is 4.74 Å². The standard InChI is InChI=1S/C25H29NO2/c1-4-24(19-7-5-6-8-19)25(20-9-13-22(27)14-10-20)21-11-15-23(16-12-21)28-18-17-26(2)3/h5-16,19,27H,4,17-18H2,1-3H3. The number of ether oxygens (including phenoxy) is 1. The van der Waals surface area contributed by atoms with Crippen molar-refractivity contribution in [3.05, 3.63) is 89.5 Å². The van der Waals surface area contributed by atoms with Gasteiger partial charge >= 0.3 is 0 Å². The molecule has 1 N–H and O–H groups in total. The summed E-state index contributed by atoms with van der Waals surface area (Å²) in [5.41, 5.74) is 4.88. The maximum Gasteiger partial charge on any atom is 0.119 e. The third kappa shape index (κ3) is 4.93. The van der Waals surface area contributed by atoms with E-state index in [9.17, 15) is 5.11 Å². The van der Waals surface area contributed by atoms with Gasteiger partial charge in [0.15, 0.2) is 0 Å². The molecule has 0 saturated heterocycles. The van der Waals surface area contributed by atoms with Gasteiger partial charge in [0.1, 0.15) is 18.1 Å². The summed E-state index contributed by atoms with van der Waals surface area (Å²) in [5, 5.41) is 9.72. The number of phenols is 1. The quantitative estimate of drug-likeness (QED) is 0.681. The molecular weight excluding hydrogens is 346 g/mol. The lowest BCUT2D eigenvalue weighted by atomic mass is 9.85. The van der Waals surface area contributed by atoms with E-state index in [0.29, 0.717) is 12.5 Å². The Kier molecular flexibility index (Phi) is 6.72. The molecule has 1 aliphatic carbocycles. The molecule has 0 atom stereocenters. The first-order valence-electron chi connectivity index (χ1n) is 9.84. The summed E-state index contributed by atoms with van der Waals surface area (Å²) in [6.07, 6.45) is 9.64. The first-order valence-corrected chi connectivity index (χ1v) is 9.84. The van der Waals surface area contributed by atoms with Gasteiger partial charge in [-0.2, -0.15) is 0 Å². The third-order valence-corrected chi connectivity index (χ3v) is 4.96. The lowest BCUT2D eigenvalue weighted by Crippen LogP contribution is -2.19. The van der Waals surface area contributed by atoms with Gasteiger partial charge in [-0.25, -0.2) is 0 Å². The van der Waals surface area contributed by atoms with E-state index in [-0.39, 0.29) is 5.75 Å². The minimum Gasteiger partial charge on any atom is -0.508 e. The molecule has 3 heteroatoms. The fraction of sp³-hybridized carbons (Fsp3) is 0.280. The second kappa shape index (κ2) is 9.43. The van der Waals surface area contributed by atoms with Crippen molar-refractivity contribution in [1.29, 1.82) is 0 Å². The van der Waals surface area contributed by atoms with E-state index in [2.05, 4.69) is 48.3 Å². The smallest absolute Gasteiger partial charge is 0.119 e. The maximum atomic E-state index is 9.72. The Morgan fingerprint density at radius 1 is 0.929 bits per heavy atom. The number of allylic oxidation sites excluding steroid dienone is 5. The molecule has 0 bridgehead atoms. The molecule has 0 fully saturated rings. The first kappa shape index (κ1) is 20.0. The zero-order chi connectivity index (χ0) is 19.9. The van der Waals surface area contributed by atoms with Crippen LogP contribution in [-0.4, -0.2) is 37.3 Å². The molecule has 0 radical (unpaired) electrons. The van der Waals surface area contributed by atoms with Gasteiger partial charge in [-0.1, -0.05) is 61.1 Å². The van der Waals surface area contributed by atoms with Crippen LogP contribution in [0.2, 0.25) is 0 Å². The molecule has 0 saturated carbocycles. The van der Waals surface area contributed by atoms with Gasteiger partial charge in [0.05, 0.1) is 0 Å². The predicted molar refractivity (Wildman–Crippen MR) is 117 cm³/mol. The van der Waals surface area contributed by atoms with Crippen LogP contribution in [0.5, 0.6) is 11.5 Å². The molecule has 0 aliphatic heterocycles. The highest BCUT2D eigenvalue weighted by molar-refractivity contribution is 5.83. The van der Waals surface area contributed by atoms with Gasteiger partial charge in [0, 0.05) is 12.5 Å². The Bertz CT molecular complexity index is 846. The number of nitrogens with zero attached hydrogens (tertiary/aromatic N) is 1. The Morgan fingerprint density at radius 2 is 1.50 bits per heavy atom. The Labute approximate surface area is 168 Å². The van der Waals surface area contributed by atoms with Crippen molar-refractivity contribution in [3.63, 3.8) is 0 Å². The minimum atomic E-state index is 0.284. The van der Waals surface area contributed by atoms with Gasteiger partial charge < -0.3 is 14.7 Å². The zero-order valence-corrected chi connectivity index (χ0v) is 16.9. The molecule has 2 aromatic rings. The fourth-order valence-corrected chi connectivity index (χ4v) is 3.47. The molecule has 0 aromatic heterocycles. The second-order valence-electron chi connectivity index (χ2n) is 7.27. The Morgan fingerprint density at radius 3 is 2.04 bits per heavy atom. The van der Waals surface area contributed by atoms with Crippen LogP contribution >= 0.6 is 0 Å². The highest BCUT2D eigenvalue weighted by atomic mass is 16.5. The molecular formula is C25H29NO2. The highest BCUT2D eigenvalue weighted by Gasteiger charge is 2.17. The summed E-state index contributed by atoms with van der Waals surface area (Å²) in [7, 11) is 4.08. The largest absolute Gasteiger partial charge is 0.508 e. The van der Waals surface area contributed by atoms with Crippen molar-refractivity contribution >= 4 is 5.57 Å². The molecule has 28 heavy (non-hydrogen) atoms. The van der Waals surface area contributed by atoms with E-state index in [1.807, 2.05) is 38.4 Å². The summed E-state index contributed by atoms with van der Waals surface area (Å²) in [5.74, 6) is 1.48. The lowest BCUT2D eigenvalue weighted by molar-refractivity contribution is 0.261. The summed E-state index contributed by atoms with van der Waals surface area (Å²) in [6.45, 7) is 3.76. The number of hydrogen-bond acceptors (Lipinski definition) is 3. The van der Waals surface area contributed by atoms with E-state index in [1.165, 1.54) is 11.1 Å². The van der Waals surface area contributed by atoms with Crippen LogP contribution in [0.1, 0.15) is 24.5 Å². The molecule has 3 nitrogen and oxygen atoms in total. The highest BCUT2D eigenvalue weighted by Crippen LogP contribution is 2.36. The van der Waals surface area contributed by atoms with Gasteiger partial charge in [-0.3, -0.25) is 0 Å². The van der Waals surface area contributed by atoms with Crippen LogP contribution in [-0.2, 0) is 0 Å². The number of benzene rings is 2. The van der Waals surface area contributed by atoms with Gasteiger partial charge in [0.2, 0.25) is 0 Å². The number of likely N-dealkylation sites (N-methyl/N-ethyl adjacent to an activating group) is 1. The van der Waals surface area contributed by atoms with Crippen LogP contribution in [0, 0.1) is 5.92 Å². The summed E-state index contributed by atoms with van der Waals surface area (Å²) in [6, 6.07) is 15.8. The first-order chi connectivity index (χ1) is 13.6. The van der Waals surface area contributed by atoms with Gasteiger partial charge in [0.25, 0.3) is 0 Å². The summed E-state index contributed by atoms with van der Waals surface area (Å²) >= 11 is 0. The number of rotatable bonds is 8. The molecule has 0 heterocycles. The molecule has 1 aliphatic rings. The molecule has 146 valence electrons. The van der Waals surface area contributed by atoms with Gasteiger partial charge in [-0.15, -0.1) is 0 Å². The monoisotopic (exact) mass is 375 g/mol. The van der Waals surface area contributed by atoms with Crippen LogP contribution in [0.15, 0.2) is 78.4 Å². The molecule has 0 unspecified atom stereocenters. The van der Waals surface area contributed by atoms with E-state index < -0.39 is 0 Å². The Hall–Kier alpha value is -2.78. The Balaban J connectivity index is 1.96. The van der Waals surface area contributed by atoms with Crippen molar-refractivity contribution in [2.45, 2.75) is 13.3 Å². The van der Waals surface area contributed by atoms with Crippen molar-refractivity contribution in [3.8, 4) is 11.5 Å². The number of aromatic hydroxyl groups is 1. The predicted octanol–water partition coefficient (Wildman–Crippen LogP) is 5.29. The third-order valence-electron chi connectivity index (χ3n) is 4.96. The van der Waals surface area contributed by atoms with Crippen molar-refractivity contribution in [2.75, 3.05) is 27.2 Å². The fourth-order valence-electron chi connectivity index (χ4n) is 3.47. The minimum absolute atomic E-state index is 0.284. The van der Waals surface area contributed by atoms with Crippen LogP contribution in [0.3, 0.4) is 0 Å². The summed E-state index contributed by atoms with van der Waals surface area (Å²) in [4.78, 5) is 2.11. The number of phenolic OH excluding ortho intramolecular Hbond substituents is 1. The van der Waals surface area contributed by atoms with Crippen molar-refractivity contribution in [2.24, 2.45) is 5.92 Å². The maximum absolute atomic E-state index is 9.72. The normalized spacial score (nSPS) is 14.6. The van der Waals surface area contributed by atoms with E-state index in [0.717, 1.165) is 29.8 Å². The topological polar surface area (TPSA) is 32.7 Å². The number of hydrogen-bond donors (Lipinski definition) is 1. The van der Waals surface area contributed by atoms with E-state index in [4.69, 9.17) is 4.74 Å². The molecule has 0 amide bonds. The van der Waals surface area contributed by atoms with Gasteiger partial charge in [-0.05, 0) is 61.5 Å². The lowest BCUT2D eigenvalue weighted by Gasteiger charge is -2.19. The molecule has 0 spiro atoms. The second-order valence-corrected chi connectivity index (χ2v) is 7.27. The summed E-state index contributed by atoms with van der Waals surface area (Å²) < 4.78 is 5.85. The zero-order valence-electron chi connectivity index (χ0n) is 16.9. The molecule has 3 rings (SSSR count). The van der Waals surface area contributed by atoms with Crippen molar-refractivity contribution in [1.82, 2.24) is 4.90 Å². The van der Waals surface area contributed by atoms with Crippen LogP contribution in [0.4, 0.5) is 0 Å². The SMILES string of the molecule is CCC(=C(c1ccc(O)cc1)c1ccc(OCCN(C)C)cc1)C1C=CC=C1. The van der Waals surface area contributed by atoms with E-state index >= 15 is 0 Å². The van der Waals surface area contributed by atoms with Crippen LogP contribution in [0.25, 0.3) is 5.57 Å². The molecule has 2 aromatic carbocycles. The van der Waals surface area contributed by atoms with Crippen molar-refractivity contribution < 1.29 is 9.84 Å².